The Labute approximate surface area is 201 Å². The van der Waals surface area contributed by atoms with Gasteiger partial charge in [0.05, 0.1) is 19.0 Å². The van der Waals surface area contributed by atoms with Crippen LogP contribution in [0.25, 0.3) is 21.3 Å². The Morgan fingerprint density at radius 2 is 1.91 bits per heavy atom. The van der Waals surface area contributed by atoms with E-state index in [1.54, 1.807) is 7.11 Å². The number of rotatable bonds is 10. The van der Waals surface area contributed by atoms with Crippen LogP contribution in [0.3, 0.4) is 0 Å². The third-order valence-electron chi connectivity index (χ3n) is 5.94. The van der Waals surface area contributed by atoms with Crippen LogP contribution in [0.4, 0.5) is 0 Å². The summed E-state index contributed by atoms with van der Waals surface area (Å²) in [6.07, 6.45) is 1.51. The van der Waals surface area contributed by atoms with Gasteiger partial charge in [-0.15, -0.1) is 11.3 Å². The molecule has 0 radical (unpaired) electrons. The van der Waals surface area contributed by atoms with Crippen LogP contribution in [0.1, 0.15) is 18.7 Å². The number of aromatic amines is 1. The molecule has 2 N–H and O–H groups in total. The summed E-state index contributed by atoms with van der Waals surface area (Å²) in [5, 5.41) is 13.1. The van der Waals surface area contributed by atoms with Crippen molar-refractivity contribution in [3.05, 3.63) is 76.2 Å². The van der Waals surface area contributed by atoms with Gasteiger partial charge in [0.25, 0.3) is 5.56 Å². The number of nitrogens with zero attached hydrogens (tertiary/aromatic N) is 2. The Morgan fingerprint density at radius 1 is 1.15 bits per heavy atom. The van der Waals surface area contributed by atoms with Crippen LogP contribution in [0.15, 0.2) is 64.8 Å². The van der Waals surface area contributed by atoms with E-state index < -0.39 is 6.10 Å². The summed E-state index contributed by atoms with van der Waals surface area (Å²) < 4.78 is 11.2. The highest BCUT2D eigenvalue weighted by molar-refractivity contribution is 7.17. The molecule has 1 aliphatic rings. The highest BCUT2D eigenvalue weighted by atomic mass is 32.1. The fraction of sp³-hybridized carbons (Fsp3) is 0.308. The van der Waals surface area contributed by atoms with Crippen LogP contribution in [-0.2, 0) is 6.54 Å². The summed E-state index contributed by atoms with van der Waals surface area (Å²) >= 11 is 1.45. The van der Waals surface area contributed by atoms with Gasteiger partial charge in [0.2, 0.25) is 0 Å². The second-order valence-corrected chi connectivity index (χ2v) is 9.34. The molecule has 0 saturated heterocycles. The number of aromatic nitrogens is 2. The van der Waals surface area contributed by atoms with Crippen LogP contribution in [-0.4, -0.2) is 52.4 Å². The third-order valence-corrected chi connectivity index (χ3v) is 6.81. The van der Waals surface area contributed by atoms with Crippen molar-refractivity contribution in [1.29, 1.82) is 0 Å². The number of nitrogens with one attached hydrogen (secondary N) is 1. The first-order chi connectivity index (χ1) is 16.6. The summed E-state index contributed by atoms with van der Waals surface area (Å²) in [6, 6.07) is 17.5. The quantitative estimate of drug-likeness (QED) is 0.358. The van der Waals surface area contributed by atoms with Crippen molar-refractivity contribution < 1.29 is 14.6 Å². The van der Waals surface area contributed by atoms with E-state index in [4.69, 9.17) is 14.5 Å². The molecule has 1 fully saturated rings. The molecule has 0 aliphatic heterocycles. The molecule has 0 bridgehead atoms. The molecule has 4 aromatic rings. The number of hydrogen-bond donors (Lipinski definition) is 2. The van der Waals surface area contributed by atoms with Gasteiger partial charge in [0.15, 0.2) is 0 Å². The van der Waals surface area contributed by atoms with Gasteiger partial charge in [0, 0.05) is 29.1 Å². The number of benzene rings is 2. The van der Waals surface area contributed by atoms with Crippen LogP contribution < -0.4 is 15.0 Å². The van der Waals surface area contributed by atoms with Gasteiger partial charge in [-0.2, -0.15) is 0 Å². The lowest BCUT2D eigenvalue weighted by molar-refractivity contribution is 0.0617. The molecule has 8 heteroatoms. The van der Waals surface area contributed by atoms with Gasteiger partial charge in [-0.1, -0.05) is 36.4 Å². The number of thiophene rings is 1. The lowest BCUT2D eigenvalue weighted by Crippen LogP contribution is -2.37. The Morgan fingerprint density at radius 3 is 2.68 bits per heavy atom. The Bertz CT molecular complexity index is 1320. The van der Waals surface area contributed by atoms with Crippen molar-refractivity contribution in [1.82, 2.24) is 14.9 Å². The van der Waals surface area contributed by atoms with E-state index in [1.165, 1.54) is 11.3 Å². The second-order valence-electron chi connectivity index (χ2n) is 8.48. The van der Waals surface area contributed by atoms with Gasteiger partial charge < -0.3 is 19.6 Å². The standard InChI is InChI=1S/C26H27N3O4S/c1-32-22-10-6-5-9-20(22)21-16-34-26-24(21)25(31)27-23(28-26)14-29(17-11-12-17)13-18(30)15-33-19-7-3-2-4-8-19/h2-10,16-18,30H,11-15H2,1H3,(H,27,28,31)/t18-/m1/s1. The summed E-state index contributed by atoms with van der Waals surface area (Å²) in [6.45, 7) is 1.14. The lowest BCUT2D eigenvalue weighted by Gasteiger charge is -2.24. The number of hydrogen-bond acceptors (Lipinski definition) is 7. The highest BCUT2D eigenvalue weighted by Crippen LogP contribution is 2.36. The number of aliphatic hydroxyl groups excluding tert-OH is 1. The van der Waals surface area contributed by atoms with Crippen LogP contribution in [0, 0.1) is 0 Å². The number of fused-ring (bicyclic) bond motifs is 1. The maximum absolute atomic E-state index is 13.1. The van der Waals surface area contributed by atoms with Crippen molar-refractivity contribution in [2.45, 2.75) is 31.5 Å². The molecule has 34 heavy (non-hydrogen) atoms. The van der Waals surface area contributed by atoms with Gasteiger partial charge in [-0.3, -0.25) is 9.69 Å². The molecule has 1 atom stereocenters. The molecule has 5 rings (SSSR count). The first-order valence-electron chi connectivity index (χ1n) is 11.4. The monoisotopic (exact) mass is 477 g/mol. The SMILES string of the molecule is COc1ccccc1-c1csc2nc(CN(C[C@@H](O)COc3ccccc3)C3CC3)[nH]c(=O)c12. The van der Waals surface area contributed by atoms with E-state index in [1.807, 2.05) is 60.0 Å². The zero-order valence-corrected chi connectivity index (χ0v) is 19.8. The minimum absolute atomic E-state index is 0.161. The molecular weight excluding hydrogens is 450 g/mol. The number of ether oxygens (including phenoxy) is 2. The lowest BCUT2D eigenvalue weighted by atomic mass is 10.1. The van der Waals surface area contributed by atoms with E-state index in [9.17, 15) is 9.90 Å². The van der Waals surface area contributed by atoms with E-state index in [0.29, 0.717) is 35.2 Å². The molecule has 1 aliphatic carbocycles. The molecule has 1 saturated carbocycles. The zero-order chi connectivity index (χ0) is 23.5. The van der Waals surface area contributed by atoms with Gasteiger partial charge in [-0.05, 0) is 31.0 Å². The molecule has 2 aromatic heterocycles. The number of methoxy groups -OCH3 is 1. The molecule has 2 aromatic carbocycles. The summed E-state index contributed by atoms with van der Waals surface area (Å²) in [5.74, 6) is 2.06. The van der Waals surface area contributed by atoms with Gasteiger partial charge >= 0.3 is 0 Å². The van der Waals surface area contributed by atoms with Gasteiger partial charge in [0.1, 0.15) is 34.9 Å². The minimum atomic E-state index is -0.643. The van der Waals surface area contributed by atoms with Crippen LogP contribution in [0.5, 0.6) is 11.5 Å². The van der Waals surface area contributed by atoms with Crippen molar-refractivity contribution in [2.75, 3.05) is 20.3 Å². The summed E-state index contributed by atoms with van der Waals surface area (Å²) in [7, 11) is 1.62. The molecule has 0 unspecified atom stereocenters. The Hall–Kier alpha value is -3.20. The Kier molecular flexibility index (Phi) is 6.62. The maximum atomic E-state index is 13.1. The first kappa shape index (κ1) is 22.6. The van der Waals surface area contributed by atoms with Crippen molar-refractivity contribution >= 4 is 21.6 Å². The second kappa shape index (κ2) is 9.97. The highest BCUT2D eigenvalue weighted by Gasteiger charge is 2.31. The normalized spacial score (nSPS) is 14.4. The number of para-hydroxylation sites is 2. The zero-order valence-electron chi connectivity index (χ0n) is 18.9. The van der Waals surface area contributed by atoms with Crippen molar-refractivity contribution in [3.63, 3.8) is 0 Å². The van der Waals surface area contributed by atoms with Crippen LogP contribution >= 0.6 is 11.3 Å². The van der Waals surface area contributed by atoms with E-state index in [-0.39, 0.29) is 12.2 Å². The number of aliphatic hydroxyl groups is 1. The fourth-order valence-electron chi connectivity index (χ4n) is 4.14. The number of H-pyrrole nitrogens is 1. The largest absolute Gasteiger partial charge is 0.496 e. The van der Waals surface area contributed by atoms with Gasteiger partial charge in [-0.25, -0.2) is 4.98 Å². The fourth-order valence-corrected chi connectivity index (χ4v) is 5.10. The van der Waals surface area contributed by atoms with Crippen molar-refractivity contribution in [3.8, 4) is 22.6 Å². The predicted octanol–water partition coefficient (Wildman–Crippen LogP) is 4.06. The van der Waals surface area contributed by atoms with E-state index >= 15 is 0 Å². The Balaban J connectivity index is 1.33. The van der Waals surface area contributed by atoms with Crippen molar-refractivity contribution in [2.24, 2.45) is 0 Å². The third kappa shape index (κ3) is 4.99. The predicted molar refractivity (Wildman–Crippen MR) is 134 cm³/mol. The van der Waals surface area contributed by atoms with E-state index in [2.05, 4.69) is 9.88 Å². The maximum Gasteiger partial charge on any atom is 0.260 e. The molecule has 7 nitrogen and oxygen atoms in total. The first-order valence-corrected chi connectivity index (χ1v) is 12.2. The molecule has 2 heterocycles. The molecule has 176 valence electrons. The summed E-state index contributed by atoms with van der Waals surface area (Å²) in [5.41, 5.74) is 1.54. The van der Waals surface area contributed by atoms with Crippen LogP contribution in [0.2, 0.25) is 0 Å². The summed E-state index contributed by atoms with van der Waals surface area (Å²) in [4.78, 5) is 23.7. The smallest absolute Gasteiger partial charge is 0.260 e. The topological polar surface area (TPSA) is 87.7 Å². The minimum Gasteiger partial charge on any atom is -0.496 e. The molecule has 0 spiro atoms. The average Bonchev–Trinajstić information content (AvgIpc) is 3.62. The molecule has 0 amide bonds. The van der Waals surface area contributed by atoms with E-state index in [0.717, 1.165) is 35.5 Å². The molecular formula is C26H27N3O4S. The average molecular weight is 478 g/mol.